The molecule has 1 aliphatic rings. The molecular weight excluding hydrogens is 196 g/mol. The van der Waals surface area contributed by atoms with Gasteiger partial charge < -0.3 is 0 Å². The van der Waals surface area contributed by atoms with Gasteiger partial charge in [0, 0.05) is 16.8 Å². The number of aryl methyl sites for hydroxylation is 2. The van der Waals surface area contributed by atoms with Crippen LogP contribution < -0.4 is 0 Å². The minimum Gasteiger partial charge on any atom is -0.256 e. The molecule has 0 N–H and O–H groups in total. The number of hydrogen-bond acceptors (Lipinski definition) is 2. The van der Waals surface area contributed by atoms with Gasteiger partial charge in [0.25, 0.3) is 0 Å². The van der Waals surface area contributed by atoms with E-state index in [1.807, 2.05) is 13.0 Å². The zero-order valence-corrected chi connectivity index (χ0v) is 9.62. The molecule has 0 spiro atoms. The number of rotatable bonds is 0. The molecule has 0 fully saturated rings. The van der Waals surface area contributed by atoms with Crippen molar-refractivity contribution in [3.63, 3.8) is 0 Å². The normalized spacial score (nSPS) is 14.8. The first-order valence-corrected chi connectivity index (χ1v) is 5.67. The zero-order chi connectivity index (χ0) is 11.1. The van der Waals surface area contributed by atoms with Gasteiger partial charge in [-0.3, -0.25) is 9.98 Å². The highest BCUT2D eigenvalue weighted by atomic mass is 14.8. The summed E-state index contributed by atoms with van der Waals surface area (Å²) in [6.07, 6.45) is 2.17. The molecule has 0 aliphatic carbocycles. The standard InChI is InChI=1S/C14H14N2/c1-9-3-5-11-7-8-12-6-4-10(2)16-14(12)13(11)15-9/h3,5,7-8H,4,6H2,1-2H3. The molecule has 2 heteroatoms. The lowest BCUT2D eigenvalue weighted by Crippen LogP contribution is -2.02. The Morgan fingerprint density at radius 3 is 2.69 bits per heavy atom. The molecule has 0 amide bonds. The largest absolute Gasteiger partial charge is 0.256 e. The smallest absolute Gasteiger partial charge is 0.0964 e. The Morgan fingerprint density at radius 2 is 1.81 bits per heavy atom. The molecule has 1 aromatic heterocycles. The van der Waals surface area contributed by atoms with Crippen molar-refractivity contribution in [2.45, 2.75) is 26.7 Å². The third-order valence-corrected chi connectivity index (χ3v) is 3.12. The van der Waals surface area contributed by atoms with Crippen LogP contribution in [0.25, 0.3) is 10.9 Å². The second-order valence-corrected chi connectivity index (χ2v) is 4.44. The summed E-state index contributed by atoms with van der Waals surface area (Å²) in [7, 11) is 0. The molecule has 0 atom stereocenters. The van der Waals surface area contributed by atoms with Gasteiger partial charge in [-0.05, 0) is 38.3 Å². The van der Waals surface area contributed by atoms with E-state index in [-0.39, 0.29) is 0 Å². The number of fused-ring (bicyclic) bond motifs is 3. The Morgan fingerprint density at radius 1 is 1.00 bits per heavy atom. The van der Waals surface area contributed by atoms with Gasteiger partial charge in [0.15, 0.2) is 0 Å². The fraction of sp³-hybridized carbons (Fsp3) is 0.286. The lowest BCUT2D eigenvalue weighted by Gasteiger charge is -2.14. The molecule has 2 aromatic rings. The van der Waals surface area contributed by atoms with Crippen LogP contribution in [0, 0.1) is 6.92 Å². The summed E-state index contributed by atoms with van der Waals surface area (Å²) in [5.41, 5.74) is 5.74. The number of aliphatic imine (C=N–C) groups is 1. The van der Waals surface area contributed by atoms with Crippen LogP contribution in [0.3, 0.4) is 0 Å². The number of benzene rings is 1. The zero-order valence-electron chi connectivity index (χ0n) is 9.62. The first-order chi connectivity index (χ1) is 7.74. The summed E-state index contributed by atoms with van der Waals surface area (Å²) in [6, 6.07) is 8.51. The molecule has 2 nitrogen and oxygen atoms in total. The van der Waals surface area contributed by atoms with E-state index in [0.29, 0.717) is 0 Å². The molecule has 0 unspecified atom stereocenters. The molecule has 16 heavy (non-hydrogen) atoms. The maximum absolute atomic E-state index is 4.67. The summed E-state index contributed by atoms with van der Waals surface area (Å²) >= 11 is 0. The Hall–Kier alpha value is -1.70. The molecule has 3 rings (SSSR count). The highest BCUT2D eigenvalue weighted by molar-refractivity contribution is 5.97. The number of aromatic nitrogens is 1. The number of hydrogen-bond donors (Lipinski definition) is 0. The van der Waals surface area contributed by atoms with Crippen LogP contribution in [0.2, 0.25) is 0 Å². The SMILES string of the molecule is CC1=Nc2c(ccc3ccc(C)nc23)CC1. The molecule has 80 valence electrons. The highest BCUT2D eigenvalue weighted by Gasteiger charge is 2.13. The van der Waals surface area contributed by atoms with Gasteiger partial charge in [0.05, 0.1) is 11.2 Å². The molecule has 1 aliphatic heterocycles. The van der Waals surface area contributed by atoms with Gasteiger partial charge in [-0.1, -0.05) is 18.2 Å². The van der Waals surface area contributed by atoms with Gasteiger partial charge in [0.1, 0.15) is 0 Å². The second kappa shape index (κ2) is 3.41. The predicted octanol–water partition coefficient (Wildman–Crippen LogP) is 3.58. The van der Waals surface area contributed by atoms with Crippen molar-refractivity contribution in [1.82, 2.24) is 4.98 Å². The van der Waals surface area contributed by atoms with Crippen molar-refractivity contribution in [2.24, 2.45) is 4.99 Å². The Balaban J connectivity index is 2.39. The van der Waals surface area contributed by atoms with Crippen molar-refractivity contribution in [1.29, 1.82) is 0 Å². The first kappa shape index (κ1) is 9.52. The minimum atomic E-state index is 1.05. The number of nitrogens with zero attached hydrogens (tertiary/aromatic N) is 2. The van der Waals surface area contributed by atoms with Crippen LogP contribution in [-0.2, 0) is 6.42 Å². The van der Waals surface area contributed by atoms with Gasteiger partial charge in [0.2, 0.25) is 0 Å². The second-order valence-electron chi connectivity index (χ2n) is 4.44. The van der Waals surface area contributed by atoms with Crippen LogP contribution >= 0.6 is 0 Å². The monoisotopic (exact) mass is 210 g/mol. The lowest BCUT2D eigenvalue weighted by atomic mass is 9.99. The van der Waals surface area contributed by atoms with Crippen molar-refractivity contribution in [2.75, 3.05) is 0 Å². The number of pyridine rings is 1. The van der Waals surface area contributed by atoms with Crippen LogP contribution in [0.4, 0.5) is 5.69 Å². The first-order valence-electron chi connectivity index (χ1n) is 5.67. The summed E-state index contributed by atoms with van der Waals surface area (Å²) in [5, 5.41) is 1.18. The van der Waals surface area contributed by atoms with Crippen LogP contribution in [-0.4, -0.2) is 10.7 Å². The molecule has 0 radical (unpaired) electrons. The van der Waals surface area contributed by atoms with E-state index in [4.69, 9.17) is 0 Å². The van der Waals surface area contributed by atoms with E-state index < -0.39 is 0 Å². The molecule has 1 aromatic carbocycles. The molecule has 0 saturated heterocycles. The van der Waals surface area contributed by atoms with Gasteiger partial charge in [-0.25, -0.2) is 0 Å². The van der Waals surface area contributed by atoms with E-state index in [0.717, 1.165) is 29.7 Å². The minimum absolute atomic E-state index is 1.05. The van der Waals surface area contributed by atoms with Crippen LogP contribution in [0.15, 0.2) is 29.3 Å². The van der Waals surface area contributed by atoms with Gasteiger partial charge in [-0.2, -0.15) is 0 Å². The van der Waals surface area contributed by atoms with Crippen LogP contribution in [0.5, 0.6) is 0 Å². The fourth-order valence-electron chi connectivity index (χ4n) is 2.20. The van der Waals surface area contributed by atoms with Gasteiger partial charge in [-0.15, -0.1) is 0 Å². The van der Waals surface area contributed by atoms with E-state index in [1.54, 1.807) is 0 Å². The molecular formula is C14H14N2. The maximum atomic E-state index is 4.67. The average Bonchev–Trinajstić information content (AvgIpc) is 2.29. The molecule has 2 heterocycles. The third-order valence-electron chi connectivity index (χ3n) is 3.12. The maximum Gasteiger partial charge on any atom is 0.0964 e. The Labute approximate surface area is 95.0 Å². The highest BCUT2D eigenvalue weighted by Crippen LogP contribution is 2.32. The topological polar surface area (TPSA) is 25.2 Å². The predicted molar refractivity (Wildman–Crippen MR) is 67.6 cm³/mol. The Kier molecular flexibility index (Phi) is 2.03. The van der Waals surface area contributed by atoms with E-state index in [2.05, 4.69) is 35.1 Å². The van der Waals surface area contributed by atoms with E-state index >= 15 is 0 Å². The lowest BCUT2D eigenvalue weighted by molar-refractivity contribution is 1.00. The fourth-order valence-corrected chi connectivity index (χ4v) is 2.20. The van der Waals surface area contributed by atoms with Crippen molar-refractivity contribution < 1.29 is 0 Å². The third kappa shape index (κ3) is 1.42. The Bertz CT molecular complexity index is 597. The molecule has 0 bridgehead atoms. The van der Waals surface area contributed by atoms with E-state index in [9.17, 15) is 0 Å². The van der Waals surface area contributed by atoms with Crippen molar-refractivity contribution in [3.05, 3.63) is 35.5 Å². The summed E-state index contributed by atoms with van der Waals surface area (Å²) in [4.78, 5) is 9.29. The van der Waals surface area contributed by atoms with Crippen molar-refractivity contribution in [3.8, 4) is 0 Å². The summed E-state index contributed by atoms with van der Waals surface area (Å²) < 4.78 is 0. The van der Waals surface area contributed by atoms with Gasteiger partial charge >= 0.3 is 0 Å². The quantitative estimate of drug-likeness (QED) is 0.652. The average molecular weight is 210 g/mol. The summed E-state index contributed by atoms with van der Waals surface area (Å²) in [6.45, 7) is 4.12. The van der Waals surface area contributed by atoms with Crippen molar-refractivity contribution >= 4 is 22.3 Å². The van der Waals surface area contributed by atoms with E-state index in [1.165, 1.54) is 16.7 Å². The summed E-state index contributed by atoms with van der Waals surface area (Å²) in [5.74, 6) is 0. The molecule has 0 saturated carbocycles. The van der Waals surface area contributed by atoms with Crippen LogP contribution in [0.1, 0.15) is 24.6 Å².